The highest BCUT2D eigenvalue weighted by Crippen LogP contribution is 2.20. The van der Waals surface area contributed by atoms with Gasteiger partial charge in [0.15, 0.2) is 0 Å². The lowest BCUT2D eigenvalue weighted by atomic mass is 10.1. The smallest absolute Gasteiger partial charge is 0.221 e. The van der Waals surface area contributed by atoms with E-state index in [0.717, 1.165) is 0 Å². The molecule has 118 valence electrons. The number of aryl methyl sites for hydroxylation is 1. The lowest BCUT2D eigenvalue weighted by Crippen LogP contribution is -2.13. The van der Waals surface area contributed by atoms with E-state index in [9.17, 15) is 4.79 Å². The number of carbonyl (C=O) groups excluding carboxylic acids is 1. The number of unbranched alkanes of at least 4 members (excludes halogenated alkanes) is 1. The molecule has 4 heteroatoms. The first-order chi connectivity index (χ1) is 10.5. The molecule has 2 nitrogen and oxygen atoms in total. The van der Waals surface area contributed by atoms with Crippen LogP contribution in [-0.4, -0.2) is 5.91 Å². The van der Waals surface area contributed by atoms with Crippen LogP contribution in [0.25, 0.3) is 0 Å². The van der Waals surface area contributed by atoms with Gasteiger partial charge >= 0.3 is 0 Å². The van der Waals surface area contributed by atoms with Gasteiger partial charge < -0.3 is 5.73 Å². The summed E-state index contributed by atoms with van der Waals surface area (Å²) < 4.78 is 0. The molecule has 2 rings (SSSR count). The largest absolute Gasteiger partial charge is 0.369 e. The highest BCUT2D eigenvalue weighted by atomic mass is 35.5. The Hall–Kier alpha value is -1.51. The fraction of sp³-hybridized carbons (Fsp3) is 0.278. The van der Waals surface area contributed by atoms with Crippen LogP contribution >= 0.6 is 23.2 Å². The van der Waals surface area contributed by atoms with E-state index in [1.807, 2.05) is 0 Å². The fourth-order valence-electron chi connectivity index (χ4n) is 1.88. The van der Waals surface area contributed by atoms with E-state index in [-0.39, 0.29) is 6.42 Å². The van der Waals surface area contributed by atoms with Crippen LogP contribution in [0.5, 0.6) is 0 Å². The van der Waals surface area contributed by atoms with Gasteiger partial charge in [-0.05, 0) is 36.1 Å². The maximum Gasteiger partial charge on any atom is 0.221 e. The predicted octanol–water partition coefficient (Wildman–Crippen LogP) is 5.05. The van der Waals surface area contributed by atoms with E-state index >= 15 is 0 Å². The van der Waals surface area contributed by atoms with Crippen molar-refractivity contribution in [2.75, 3.05) is 0 Å². The normalized spacial score (nSPS) is 9.77. The third-order valence-corrected chi connectivity index (χ3v) is 3.63. The summed E-state index contributed by atoms with van der Waals surface area (Å²) >= 11 is 11.4. The van der Waals surface area contributed by atoms with Crippen molar-refractivity contribution in [2.24, 2.45) is 5.73 Å². The third kappa shape index (κ3) is 7.48. The minimum absolute atomic E-state index is 0.149. The monoisotopic (exact) mass is 337 g/mol. The van der Waals surface area contributed by atoms with Gasteiger partial charge in [0.05, 0.1) is 6.42 Å². The van der Waals surface area contributed by atoms with Crippen LogP contribution in [0.1, 0.15) is 30.9 Å². The van der Waals surface area contributed by atoms with E-state index in [4.69, 9.17) is 28.9 Å². The average molecular weight is 338 g/mol. The molecular weight excluding hydrogens is 317 g/mol. The van der Waals surface area contributed by atoms with Crippen LogP contribution in [-0.2, 0) is 17.6 Å². The van der Waals surface area contributed by atoms with Crippen LogP contribution in [0.15, 0.2) is 48.5 Å². The highest BCUT2D eigenvalue weighted by molar-refractivity contribution is 6.35. The number of hydrogen-bond acceptors (Lipinski definition) is 1. The maximum atomic E-state index is 10.5. The van der Waals surface area contributed by atoms with Gasteiger partial charge in [-0.15, -0.1) is 0 Å². The molecule has 1 amide bonds. The van der Waals surface area contributed by atoms with Gasteiger partial charge in [0.25, 0.3) is 0 Å². The Morgan fingerprint density at radius 3 is 2.32 bits per heavy atom. The number of hydrogen-bond donors (Lipinski definition) is 1. The number of halogens is 2. The summed E-state index contributed by atoms with van der Waals surface area (Å²) in [5.41, 5.74) is 7.17. The van der Waals surface area contributed by atoms with Crippen LogP contribution in [0.3, 0.4) is 0 Å². The van der Waals surface area contributed by atoms with E-state index in [1.165, 1.54) is 24.8 Å². The van der Waals surface area contributed by atoms with Crippen LogP contribution in [0.2, 0.25) is 10.0 Å². The van der Waals surface area contributed by atoms with Gasteiger partial charge in [-0.2, -0.15) is 0 Å². The van der Waals surface area contributed by atoms with Crippen LogP contribution < -0.4 is 5.73 Å². The summed E-state index contributed by atoms with van der Waals surface area (Å²) in [7, 11) is 0. The molecule has 0 saturated carbocycles. The van der Waals surface area contributed by atoms with E-state index in [0.29, 0.717) is 15.6 Å². The van der Waals surface area contributed by atoms with E-state index < -0.39 is 5.91 Å². The summed E-state index contributed by atoms with van der Waals surface area (Å²) in [4.78, 5) is 10.5. The molecule has 0 radical (unpaired) electrons. The Balaban J connectivity index is 0.000000224. The number of benzene rings is 2. The van der Waals surface area contributed by atoms with Crippen molar-refractivity contribution < 1.29 is 4.79 Å². The van der Waals surface area contributed by atoms with Crippen molar-refractivity contribution in [1.82, 2.24) is 0 Å². The molecule has 0 spiro atoms. The van der Waals surface area contributed by atoms with Crippen LogP contribution in [0, 0.1) is 0 Å². The highest BCUT2D eigenvalue weighted by Gasteiger charge is 2.03. The molecule has 2 aromatic carbocycles. The Morgan fingerprint density at radius 1 is 1.09 bits per heavy atom. The molecular formula is C18H21Cl2NO. The van der Waals surface area contributed by atoms with Crippen molar-refractivity contribution in [3.8, 4) is 0 Å². The van der Waals surface area contributed by atoms with Crippen molar-refractivity contribution in [3.05, 3.63) is 69.7 Å². The molecule has 0 heterocycles. The van der Waals surface area contributed by atoms with Crippen molar-refractivity contribution in [1.29, 1.82) is 0 Å². The topological polar surface area (TPSA) is 43.1 Å². The summed E-state index contributed by atoms with van der Waals surface area (Å²) in [5.74, 6) is -0.403. The van der Waals surface area contributed by atoms with Crippen molar-refractivity contribution >= 4 is 29.1 Å². The zero-order chi connectivity index (χ0) is 16.4. The first-order valence-electron chi connectivity index (χ1n) is 7.29. The summed E-state index contributed by atoms with van der Waals surface area (Å²) in [5, 5.41) is 1.02. The van der Waals surface area contributed by atoms with E-state index in [2.05, 4.69) is 37.3 Å². The second-order valence-corrected chi connectivity index (χ2v) is 5.81. The molecule has 0 aliphatic heterocycles. The zero-order valence-electron chi connectivity index (χ0n) is 12.7. The maximum absolute atomic E-state index is 10.5. The molecule has 0 bridgehead atoms. The SMILES string of the molecule is CCCCc1ccccc1.NC(=O)Cc1ccc(Cl)cc1Cl. The molecule has 22 heavy (non-hydrogen) atoms. The Labute approximate surface area is 142 Å². The van der Waals surface area contributed by atoms with Crippen molar-refractivity contribution in [3.63, 3.8) is 0 Å². The van der Waals surface area contributed by atoms with Gasteiger partial charge in [-0.25, -0.2) is 0 Å². The molecule has 2 N–H and O–H groups in total. The quantitative estimate of drug-likeness (QED) is 0.814. The van der Waals surface area contributed by atoms with Gasteiger partial charge in [-0.1, -0.05) is 72.9 Å². The second-order valence-electron chi connectivity index (χ2n) is 4.97. The first-order valence-corrected chi connectivity index (χ1v) is 8.04. The van der Waals surface area contributed by atoms with Crippen LogP contribution in [0.4, 0.5) is 0 Å². The summed E-state index contributed by atoms with van der Waals surface area (Å²) in [6, 6.07) is 15.6. The number of primary amides is 1. The van der Waals surface area contributed by atoms with Gasteiger partial charge in [0.1, 0.15) is 0 Å². The standard InChI is InChI=1S/C10H14.C8H7Cl2NO/c1-2-3-7-10-8-5-4-6-9-10;9-6-2-1-5(3-8(11)12)7(10)4-6/h4-6,8-9H,2-3,7H2,1H3;1-2,4H,3H2,(H2,11,12). The summed E-state index contributed by atoms with van der Waals surface area (Å²) in [6.07, 6.45) is 3.98. The molecule has 0 fully saturated rings. The molecule has 0 aliphatic rings. The predicted molar refractivity (Wildman–Crippen MR) is 94.4 cm³/mol. The zero-order valence-corrected chi connectivity index (χ0v) is 14.2. The Bertz CT molecular complexity index is 585. The number of nitrogens with two attached hydrogens (primary N) is 1. The average Bonchev–Trinajstić information content (AvgIpc) is 2.49. The second kappa shape index (κ2) is 10.3. The lowest BCUT2D eigenvalue weighted by molar-refractivity contribution is -0.117. The fourth-order valence-corrected chi connectivity index (χ4v) is 2.35. The minimum Gasteiger partial charge on any atom is -0.369 e. The third-order valence-electron chi connectivity index (χ3n) is 3.04. The van der Waals surface area contributed by atoms with Gasteiger partial charge in [0.2, 0.25) is 5.91 Å². The molecule has 0 aromatic heterocycles. The lowest BCUT2D eigenvalue weighted by Gasteiger charge is -2.00. The first kappa shape index (κ1) is 18.5. The minimum atomic E-state index is -0.403. The molecule has 0 saturated heterocycles. The molecule has 0 aliphatic carbocycles. The molecule has 0 atom stereocenters. The molecule has 2 aromatic rings. The number of rotatable bonds is 5. The number of amides is 1. The molecule has 0 unspecified atom stereocenters. The number of carbonyl (C=O) groups is 1. The van der Waals surface area contributed by atoms with E-state index in [1.54, 1.807) is 18.2 Å². The van der Waals surface area contributed by atoms with Gasteiger partial charge in [-0.3, -0.25) is 4.79 Å². The summed E-state index contributed by atoms with van der Waals surface area (Å²) in [6.45, 7) is 2.23. The Morgan fingerprint density at radius 2 is 1.77 bits per heavy atom. The van der Waals surface area contributed by atoms with Crippen molar-refractivity contribution in [2.45, 2.75) is 32.6 Å². The Kier molecular flexibility index (Phi) is 8.64. The van der Waals surface area contributed by atoms with Gasteiger partial charge in [0, 0.05) is 10.0 Å².